The highest BCUT2D eigenvalue weighted by atomic mass is 19.3. The molecule has 0 aliphatic rings. The van der Waals surface area contributed by atoms with Crippen LogP contribution in [0.5, 0.6) is 5.75 Å². The van der Waals surface area contributed by atoms with Crippen molar-refractivity contribution in [2.24, 2.45) is 0 Å². The third kappa shape index (κ3) is 5.44. The summed E-state index contributed by atoms with van der Waals surface area (Å²) in [5, 5.41) is 0. The Kier molecular flexibility index (Phi) is 7.00. The van der Waals surface area contributed by atoms with E-state index in [1.165, 1.54) is 18.6 Å². The molecule has 0 unspecified atom stereocenters. The second kappa shape index (κ2) is 9.01. The molecule has 142 valence electrons. The van der Waals surface area contributed by atoms with Crippen molar-refractivity contribution in [2.75, 3.05) is 0 Å². The van der Waals surface area contributed by atoms with Crippen LogP contribution in [0.4, 0.5) is 22.0 Å². The van der Waals surface area contributed by atoms with Crippen molar-refractivity contribution in [3.63, 3.8) is 0 Å². The summed E-state index contributed by atoms with van der Waals surface area (Å²) in [5.41, 5.74) is 0.484. The van der Waals surface area contributed by atoms with Crippen molar-refractivity contribution in [3.8, 4) is 5.75 Å². The Morgan fingerprint density at radius 2 is 1.42 bits per heavy atom. The van der Waals surface area contributed by atoms with E-state index in [-0.39, 0.29) is 0 Å². The van der Waals surface area contributed by atoms with Crippen LogP contribution >= 0.6 is 0 Å². The zero-order chi connectivity index (χ0) is 19.2. The van der Waals surface area contributed by atoms with Gasteiger partial charge in [-0.3, -0.25) is 0 Å². The van der Waals surface area contributed by atoms with Gasteiger partial charge in [-0.2, -0.15) is 8.78 Å². The largest absolute Gasteiger partial charge is 0.429 e. The van der Waals surface area contributed by atoms with Gasteiger partial charge in [-0.1, -0.05) is 44.7 Å². The summed E-state index contributed by atoms with van der Waals surface area (Å²) in [4.78, 5) is 0. The average Bonchev–Trinajstić information content (AvgIpc) is 2.59. The van der Waals surface area contributed by atoms with E-state index in [2.05, 4.69) is 11.7 Å². The van der Waals surface area contributed by atoms with Crippen LogP contribution in [0.2, 0.25) is 0 Å². The van der Waals surface area contributed by atoms with Crippen LogP contribution in [0, 0.1) is 17.5 Å². The molecule has 1 nitrogen and oxygen atoms in total. The molecule has 2 aromatic rings. The van der Waals surface area contributed by atoms with Crippen molar-refractivity contribution >= 4 is 0 Å². The Hall–Kier alpha value is -2.11. The van der Waals surface area contributed by atoms with Gasteiger partial charge in [0.2, 0.25) is 0 Å². The van der Waals surface area contributed by atoms with Crippen LogP contribution in [0.15, 0.2) is 36.4 Å². The van der Waals surface area contributed by atoms with Gasteiger partial charge in [-0.15, -0.1) is 0 Å². The Labute approximate surface area is 149 Å². The summed E-state index contributed by atoms with van der Waals surface area (Å²) in [5.74, 6) is -5.70. The molecule has 0 aliphatic heterocycles. The van der Waals surface area contributed by atoms with Crippen molar-refractivity contribution in [1.29, 1.82) is 0 Å². The smallest absolute Gasteiger partial charge is 0.426 e. The average molecular weight is 372 g/mol. The van der Waals surface area contributed by atoms with Crippen molar-refractivity contribution in [1.82, 2.24) is 0 Å². The zero-order valence-electron chi connectivity index (χ0n) is 14.5. The summed E-state index contributed by atoms with van der Waals surface area (Å²) in [6, 6.07) is 6.37. The Balaban J connectivity index is 2.00. The molecule has 0 bridgehead atoms. The van der Waals surface area contributed by atoms with E-state index in [4.69, 9.17) is 0 Å². The molecular weight excluding hydrogens is 351 g/mol. The monoisotopic (exact) mass is 372 g/mol. The summed E-state index contributed by atoms with van der Waals surface area (Å²) >= 11 is 0. The minimum Gasteiger partial charge on any atom is -0.429 e. The molecule has 0 atom stereocenters. The number of hydrogen-bond acceptors (Lipinski definition) is 1. The Bertz CT molecular complexity index is 690. The maximum Gasteiger partial charge on any atom is 0.426 e. The summed E-state index contributed by atoms with van der Waals surface area (Å²) in [6.07, 6.45) is 2.59. The van der Waals surface area contributed by atoms with Gasteiger partial charge in [-0.05, 0) is 30.5 Å². The number of rotatable bonds is 9. The van der Waals surface area contributed by atoms with Gasteiger partial charge in [-0.25, -0.2) is 13.2 Å². The lowest BCUT2D eigenvalue weighted by atomic mass is 10.0. The minimum atomic E-state index is -3.80. The maximum absolute atomic E-state index is 14.2. The molecule has 0 saturated carbocycles. The topological polar surface area (TPSA) is 9.23 Å². The highest BCUT2D eigenvalue weighted by Crippen LogP contribution is 2.33. The van der Waals surface area contributed by atoms with E-state index in [0.29, 0.717) is 12.1 Å². The normalized spacial score (nSPS) is 11.6. The summed E-state index contributed by atoms with van der Waals surface area (Å²) in [6.45, 7) is 2.13. The highest BCUT2D eigenvalue weighted by Gasteiger charge is 2.35. The molecule has 0 amide bonds. The number of unbranched alkanes of at least 4 members (excludes halogenated alkanes) is 4. The third-order valence-electron chi connectivity index (χ3n) is 4.06. The van der Waals surface area contributed by atoms with E-state index >= 15 is 0 Å². The summed E-state index contributed by atoms with van der Waals surface area (Å²) in [7, 11) is 0. The van der Waals surface area contributed by atoms with E-state index < -0.39 is 34.9 Å². The van der Waals surface area contributed by atoms with Crippen LogP contribution in [0.3, 0.4) is 0 Å². The number of aryl methyl sites for hydroxylation is 1. The van der Waals surface area contributed by atoms with E-state index in [1.54, 1.807) is 12.1 Å². The number of alkyl halides is 2. The van der Waals surface area contributed by atoms with Crippen LogP contribution in [0.1, 0.15) is 50.2 Å². The van der Waals surface area contributed by atoms with Crippen molar-refractivity contribution in [3.05, 3.63) is 65.0 Å². The van der Waals surface area contributed by atoms with Crippen molar-refractivity contribution in [2.45, 2.75) is 51.6 Å². The molecule has 26 heavy (non-hydrogen) atoms. The van der Waals surface area contributed by atoms with E-state index in [9.17, 15) is 22.0 Å². The molecule has 2 rings (SSSR count). The third-order valence-corrected chi connectivity index (χ3v) is 4.06. The second-order valence-electron chi connectivity index (χ2n) is 6.18. The van der Waals surface area contributed by atoms with Gasteiger partial charge in [0.1, 0.15) is 5.75 Å². The fraction of sp³-hybridized carbons (Fsp3) is 0.400. The molecule has 0 N–H and O–H groups in total. The van der Waals surface area contributed by atoms with Gasteiger partial charge in [0, 0.05) is 12.1 Å². The quantitative estimate of drug-likeness (QED) is 0.269. The van der Waals surface area contributed by atoms with Gasteiger partial charge in [0.25, 0.3) is 0 Å². The van der Waals surface area contributed by atoms with Crippen molar-refractivity contribution < 1.29 is 26.7 Å². The van der Waals surface area contributed by atoms with Crippen LogP contribution in [-0.4, -0.2) is 0 Å². The van der Waals surface area contributed by atoms with Gasteiger partial charge >= 0.3 is 6.11 Å². The minimum absolute atomic E-state index is 0.386. The van der Waals surface area contributed by atoms with Crippen LogP contribution in [-0.2, 0) is 12.5 Å². The predicted octanol–water partition coefficient (Wildman–Crippen LogP) is 6.75. The molecule has 0 fully saturated rings. The lowest BCUT2D eigenvalue weighted by molar-refractivity contribution is -0.185. The fourth-order valence-electron chi connectivity index (χ4n) is 2.60. The molecular formula is C20H21F5O. The fourth-order valence-corrected chi connectivity index (χ4v) is 2.60. The number of hydrogen-bond donors (Lipinski definition) is 0. The Morgan fingerprint density at radius 1 is 0.846 bits per heavy atom. The molecule has 6 heteroatoms. The Morgan fingerprint density at radius 3 is 2.00 bits per heavy atom. The van der Waals surface area contributed by atoms with Gasteiger partial charge < -0.3 is 4.74 Å². The summed E-state index contributed by atoms with van der Waals surface area (Å²) < 4.78 is 71.9. The lowest BCUT2D eigenvalue weighted by Gasteiger charge is -2.18. The number of halogens is 5. The van der Waals surface area contributed by atoms with Gasteiger partial charge in [0.15, 0.2) is 17.5 Å². The number of benzene rings is 2. The predicted molar refractivity (Wildman–Crippen MR) is 89.7 cm³/mol. The molecule has 2 aromatic carbocycles. The molecule has 0 spiro atoms. The first-order valence-corrected chi connectivity index (χ1v) is 8.64. The van der Waals surface area contributed by atoms with Crippen LogP contribution in [0.25, 0.3) is 0 Å². The molecule has 0 heterocycles. The molecule has 0 saturated heterocycles. The maximum atomic E-state index is 14.2. The number of ether oxygens (including phenoxy) is 1. The van der Waals surface area contributed by atoms with E-state index in [0.717, 1.165) is 37.7 Å². The zero-order valence-corrected chi connectivity index (χ0v) is 14.5. The van der Waals surface area contributed by atoms with Crippen LogP contribution < -0.4 is 4.74 Å². The first-order valence-electron chi connectivity index (χ1n) is 8.64. The lowest BCUT2D eigenvalue weighted by Crippen LogP contribution is -2.22. The standard InChI is InChI=1S/C20H21F5O/c1-2-3-4-5-6-7-14-8-10-15(11-9-14)20(24,25)26-16-12-17(21)19(23)18(22)13-16/h8-13H,2-7H2,1H3. The first-order chi connectivity index (χ1) is 12.3. The van der Waals surface area contributed by atoms with E-state index in [1.807, 2.05) is 0 Å². The van der Waals surface area contributed by atoms with Gasteiger partial charge in [0.05, 0.1) is 5.56 Å². The first kappa shape index (κ1) is 20.2. The molecule has 0 radical (unpaired) electrons. The highest BCUT2D eigenvalue weighted by molar-refractivity contribution is 5.29. The second-order valence-corrected chi connectivity index (χ2v) is 6.18. The SMILES string of the molecule is CCCCCCCc1ccc(C(F)(F)Oc2cc(F)c(F)c(F)c2)cc1. The molecule has 0 aliphatic carbocycles. The molecule has 0 aromatic heterocycles.